The Kier molecular flexibility index (Phi) is 7.94. The number of nitrogens with one attached hydrogen (secondary N) is 3. The van der Waals surface area contributed by atoms with Gasteiger partial charge in [-0.15, -0.1) is 0 Å². The number of rotatable bonds is 6. The summed E-state index contributed by atoms with van der Waals surface area (Å²) in [6, 6.07) is 2.24. The van der Waals surface area contributed by atoms with Crippen LogP contribution in [0, 0.1) is 0 Å². The molecule has 1 aliphatic rings. The van der Waals surface area contributed by atoms with Gasteiger partial charge in [0.05, 0.1) is 16.0 Å². The third-order valence-corrected chi connectivity index (χ3v) is 7.02. The van der Waals surface area contributed by atoms with Crippen LogP contribution in [0.3, 0.4) is 0 Å². The Morgan fingerprint density at radius 3 is 2.20 bits per heavy atom. The molecule has 0 saturated heterocycles. The largest absolute Gasteiger partial charge is 0.417 e. The third-order valence-electron chi connectivity index (χ3n) is 5.46. The van der Waals surface area contributed by atoms with Crippen molar-refractivity contribution < 1.29 is 39.6 Å². The van der Waals surface area contributed by atoms with E-state index in [0.717, 1.165) is 5.56 Å². The molecule has 0 aliphatic heterocycles. The van der Waals surface area contributed by atoms with Gasteiger partial charge in [0.1, 0.15) is 0 Å². The Morgan fingerprint density at radius 1 is 0.971 bits per heavy atom. The molecule has 0 atom stereocenters. The molecule has 1 aromatic carbocycles. The van der Waals surface area contributed by atoms with E-state index in [1.54, 1.807) is 24.5 Å². The number of alkyl halides is 6. The van der Waals surface area contributed by atoms with Crippen LogP contribution in [0.4, 0.5) is 31.1 Å². The highest BCUT2D eigenvalue weighted by Crippen LogP contribution is 2.38. The summed E-state index contributed by atoms with van der Waals surface area (Å²) in [7, 11) is -4.91. The van der Waals surface area contributed by atoms with Crippen LogP contribution in [0.25, 0.3) is 0 Å². The highest BCUT2D eigenvalue weighted by molar-refractivity contribution is 7.89. The van der Waals surface area contributed by atoms with Crippen molar-refractivity contribution in [1.82, 2.24) is 20.3 Å². The number of urea groups is 1. The van der Waals surface area contributed by atoms with Crippen LogP contribution in [0.15, 0.2) is 47.6 Å². The molecule has 0 spiro atoms. The van der Waals surface area contributed by atoms with Gasteiger partial charge in [-0.25, -0.2) is 17.9 Å². The van der Waals surface area contributed by atoms with Gasteiger partial charge in [0.25, 0.3) is 0 Å². The first-order chi connectivity index (χ1) is 16.3. The summed E-state index contributed by atoms with van der Waals surface area (Å²) in [6.45, 7) is 0.243. The minimum absolute atomic E-state index is 0.00899. The standard InChI is InChI=1S/C21H22F6N4O3S/c22-20(23,24)14-3-8-17(21(25,26)27)18(10-14)35(33,34)31-16-6-4-15(5-7-16)30-19(32)29-12-13-2-1-9-28-11-13/h1-3,8-11,15-16,31H,4-7,12H2,(H2,29,30,32). The van der Waals surface area contributed by atoms with Crippen LogP contribution in [-0.2, 0) is 28.9 Å². The van der Waals surface area contributed by atoms with Crippen molar-refractivity contribution in [1.29, 1.82) is 0 Å². The predicted octanol–water partition coefficient (Wildman–Crippen LogP) is 4.21. The summed E-state index contributed by atoms with van der Waals surface area (Å²) in [4.78, 5) is 14.5. The van der Waals surface area contributed by atoms with E-state index in [9.17, 15) is 39.6 Å². The summed E-state index contributed by atoms with van der Waals surface area (Å²) >= 11 is 0. The molecule has 1 fully saturated rings. The van der Waals surface area contributed by atoms with Crippen molar-refractivity contribution in [3.63, 3.8) is 0 Å². The average molecular weight is 524 g/mol. The number of aromatic nitrogens is 1. The number of pyridine rings is 1. The minimum Gasteiger partial charge on any atom is -0.335 e. The molecule has 2 amide bonds. The number of amides is 2. The molecule has 3 N–H and O–H groups in total. The maximum Gasteiger partial charge on any atom is 0.417 e. The Balaban J connectivity index is 1.61. The van der Waals surface area contributed by atoms with Crippen LogP contribution in [0.1, 0.15) is 42.4 Å². The third kappa shape index (κ3) is 7.31. The smallest absolute Gasteiger partial charge is 0.335 e. The van der Waals surface area contributed by atoms with E-state index >= 15 is 0 Å². The summed E-state index contributed by atoms with van der Waals surface area (Å²) in [6.07, 6.45) is -6.02. The van der Waals surface area contributed by atoms with Crippen molar-refractivity contribution in [3.05, 3.63) is 59.4 Å². The molecule has 0 unspecified atom stereocenters. The quantitative estimate of drug-likeness (QED) is 0.493. The fourth-order valence-electron chi connectivity index (χ4n) is 3.72. The van der Waals surface area contributed by atoms with Crippen molar-refractivity contribution >= 4 is 16.1 Å². The number of hydrogen-bond donors (Lipinski definition) is 3. The highest BCUT2D eigenvalue weighted by atomic mass is 32.2. The normalized spacial score (nSPS) is 19.3. The van der Waals surface area contributed by atoms with Crippen LogP contribution in [-0.4, -0.2) is 31.5 Å². The lowest BCUT2D eigenvalue weighted by atomic mass is 9.92. The van der Waals surface area contributed by atoms with Crippen LogP contribution in [0.2, 0.25) is 0 Å². The molecule has 1 aromatic heterocycles. The Bertz CT molecular complexity index is 1130. The number of carbonyl (C=O) groups is 1. The number of halogens is 6. The van der Waals surface area contributed by atoms with Gasteiger partial charge in [-0.2, -0.15) is 26.3 Å². The molecule has 2 aromatic rings. The lowest BCUT2D eigenvalue weighted by Gasteiger charge is -2.30. The monoisotopic (exact) mass is 524 g/mol. The minimum atomic E-state index is -5.17. The summed E-state index contributed by atoms with van der Waals surface area (Å²) in [5.74, 6) is 0. The molecule has 1 aliphatic carbocycles. The fourth-order valence-corrected chi connectivity index (χ4v) is 5.27. The second-order valence-corrected chi connectivity index (χ2v) is 9.75. The van der Waals surface area contributed by atoms with Crippen molar-refractivity contribution in [3.8, 4) is 0 Å². The second kappa shape index (κ2) is 10.4. The van der Waals surface area contributed by atoms with E-state index in [4.69, 9.17) is 0 Å². The molecular weight excluding hydrogens is 502 g/mol. The van der Waals surface area contributed by atoms with Crippen molar-refractivity contribution in [2.24, 2.45) is 0 Å². The zero-order chi connectivity index (χ0) is 25.9. The van der Waals surface area contributed by atoms with Crippen LogP contribution in [0.5, 0.6) is 0 Å². The van der Waals surface area contributed by atoms with Gasteiger partial charge in [0, 0.05) is 31.0 Å². The van der Waals surface area contributed by atoms with E-state index < -0.39 is 50.5 Å². The van der Waals surface area contributed by atoms with Gasteiger partial charge in [-0.1, -0.05) is 6.07 Å². The van der Waals surface area contributed by atoms with E-state index in [-0.39, 0.29) is 43.6 Å². The van der Waals surface area contributed by atoms with Gasteiger partial charge in [-0.05, 0) is 55.5 Å². The maximum absolute atomic E-state index is 13.3. The molecular formula is C21H22F6N4O3S. The first-order valence-electron chi connectivity index (χ1n) is 10.5. The van der Waals surface area contributed by atoms with Gasteiger partial charge < -0.3 is 10.6 Å². The average Bonchev–Trinajstić information content (AvgIpc) is 2.78. The number of carbonyl (C=O) groups excluding carboxylic acids is 1. The SMILES string of the molecule is O=C(NCc1cccnc1)NC1CCC(NS(=O)(=O)c2cc(C(F)(F)F)ccc2C(F)(F)F)CC1. The highest BCUT2D eigenvalue weighted by Gasteiger charge is 2.41. The second-order valence-electron chi connectivity index (χ2n) is 8.06. The Labute approximate surface area is 197 Å². The molecule has 14 heteroatoms. The maximum atomic E-state index is 13.3. The summed E-state index contributed by atoms with van der Waals surface area (Å²) < 4.78 is 106. The summed E-state index contributed by atoms with van der Waals surface area (Å²) in [5, 5.41) is 5.39. The van der Waals surface area contributed by atoms with Crippen molar-refractivity contribution in [2.45, 2.75) is 61.6 Å². The first kappa shape index (κ1) is 26.7. The predicted molar refractivity (Wildman–Crippen MR) is 112 cm³/mol. The molecule has 0 bridgehead atoms. The van der Waals surface area contributed by atoms with E-state index in [0.29, 0.717) is 12.8 Å². The number of hydrogen-bond acceptors (Lipinski definition) is 4. The summed E-state index contributed by atoms with van der Waals surface area (Å²) in [5.41, 5.74) is -2.40. The first-order valence-corrected chi connectivity index (χ1v) is 12.0. The zero-order valence-electron chi connectivity index (χ0n) is 18.1. The fraction of sp³-hybridized carbons (Fsp3) is 0.429. The van der Waals surface area contributed by atoms with Gasteiger partial charge in [0.2, 0.25) is 10.0 Å². The Hall–Kier alpha value is -2.87. The molecule has 1 saturated carbocycles. The molecule has 35 heavy (non-hydrogen) atoms. The topological polar surface area (TPSA) is 100 Å². The zero-order valence-corrected chi connectivity index (χ0v) is 18.9. The molecule has 1 heterocycles. The van der Waals surface area contributed by atoms with Crippen LogP contribution < -0.4 is 15.4 Å². The lowest BCUT2D eigenvalue weighted by molar-refractivity contribution is -0.143. The molecule has 0 radical (unpaired) electrons. The van der Waals surface area contributed by atoms with Gasteiger partial charge in [0.15, 0.2) is 0 Å². The molecule has 7 nitrogen and oxygen atoms in total. The van der Waals surface area contributed by atoms with Crippen molar-refractivity contribution in [2.75, 3.05) is 0 Å². The van der Waals surface area contributed by atoms with E-state index in [1.165, 1.54) is 0 Å². The number of nitrogens with zero attached hydrogens (tertiary/aromatic N) is 1. The van der Waals surface area contributed by atoms with Gasteiger partial charge >= 0.3 is 18.4 Å². The van der Waals surface area contributed by atoms with Gasteiger partial charge in [-0.3, -0.25) is 4.98 Å². The number of benzene rings is 1. The number of sulfonamides is 1. The molecule has 192 valence electrons. The Morgan fingerprint density at radius 2 is 1.63 bits per heavy atom. The lowest BCUT2D eigenvalue weighted by Crippen LogP contribution is -2.46. The van der Waals surface area contributed by atoms with Crippen LogP contribution >= 0.6 is 0 Å². The van der Waals surface area contributed by atoms with E-state index in [2.05, 4.69) is 20.3 Å². The van der Waals surface area contributed by atoms with E-state index in [1.807, 2.05) is 0 Å². The molecule has 3 rings (SSSR count).